The molecule has 1 heterocycles. The Balaban J connectivity index is 2.70. The molecule has 4 heteroatoms. The summed E-state index contributed by atoms with van der Waals surface area (Å²) in [5.74, 6) is 0.113. The van der Waals surface area contributed by atoms with Crippen LogP contribution in [0.25, 0.3) is 0 Å². The van der Waals surface area contributed by atoms with E-state index in [4.69, 9.17) is 1.41 Å². The predicted octanol–water partition coefficient (Wildman–Crippen LogP) is 0.134. The van der Waals surface area contributed by atoms with Gasteiger partial charge in [-0.15, -0.1) is 0 Å². The molecule has 1 amide bonds. The summed E-state index contributed by atoms with van der Waals surface area (Å²) in [6.07, 6.45) is 0. The molecule has 7 heavy (non-hydrogen) atoms. The summed E-state index contributed by atoms with van der Waals surface area (Å²) in [6, 6.07) is 0. The lowest BCUT2D eigenvalue weighted by atomic mass is 10.7. The van der Waals surface area contributed by atoms with Crippen molar-refractivity contribution in [1.29, 1.82) is 0 Å². The van der Waals surface area contributed by atoms with Crippen molar-refractivity contribution in [2.75, 3.05) is 5.75 Å². The molecule has 0 aromatic heterocycles. The summed E-state index contributed by atoms with van der Waals surface area (Å²) in [5, 5.41) is 0.750. The maximum atomic E-state index is 10.4. The fourth-order valence-corrected chi connectivity index (χ4v) is 1.05. The summed E-state index contributed by atoms with van der Waals surface area (Å²) in [5.41, 5.74) is 0. The first kappa shape index (κ1) is 3.86. The zero-order valence-corrected chi connectivity index (χ0v) is 5.01. The van der Waals surface area contributed by atoms with Crippen LogP contribution in [0.5, 0.6) is 0 Å². The van der Waals surface area contributed by atoms with E-state index in [-0.39, 0.29) is 5.91 Å². The lowest BCUT2D eigenvalue weighted by Gasteiger charge is -1.81. The van der Waals surface area contributed by atoms with E-state index in [1.165, 1.54) is 11.8 Å². The molecule has 1 aliphatic heterocycles. The minimum Gasteiger partial charge on any atom is -0.311 e. The number of rotatable bonds is 0. The molecule has 1 N–H and O–H groups in total. The second-order valence-electron chi connectivity index (χ2n) is 1.06. The zero-order chi connectivity index (χ0) is 6.15. The Morgan fingerprint density at radius 3 is 3.00 bits per heavy atom. The molecule has 0 unspecified atom stereocenters. The Bertz CT molecular complexity index is 132. The fourth-order valence-electron chi connectivity index (χ4n) is 0.290. The number of hydrogen-bond donors (Lipinski definition) is 1. The predicted molar refractivity (Wildman–Crippen MR) is 33.2 cm³/mol. The van der Waals surface area contributed by atoms with Crippen LogP contribution in [0.2, 0.25) is 1.41 Å². The third-order valence-corrected chi connectivity index (χ3v) is 1.71. The van der Waals surface area contributed by atoms with Crippen LogP contribution >= 0.6 is 24.0 Å². The second-order valence-corrected chi connectivity index (χ2v) is 2.67. The summed E-state index contributed by atoms with van der Waals surface area (Å²) in [4.78, 5) is 10.4. The number of thiocarbonyl (C=S) groups is 1. The van der Waals surface area contributed by atoms with Crippen molar-refractivity contribution in [1.82, 2.24) is 5.31 Å². The third-order valence-electron chi connectivity index (χ3n) is 0.535. The summed E-state index contributed by atoms with van der Waals surface area (Å²) in [7, 11) is 0. The van der Waals surface area contributed by atoms with E-state index in [9.17, 15) is 4.79 Å². The van der Waals surface area contributed by atoms with Crippen LogP contribution < -0.4 is 5.31 Å². The Kier molecular flexibility index (Phi) is 0.989. The summed E-state index contributed by atoms with van der Waals surface area (Å²) in [6.45, 7) is 0. The van der Waals surface area contributed by atoms with Gasteiger partial charge in [0.2, 0.25) is 5.91 Å². The maximum absolute atomic E-state index is 10.4. The van der Waals surface area contributed by atoms with Crippen LogP contribution in [0.1, 0.15) is 0 Å². The minimum atomic E-state index is -0.222. The monoisotopic (exact) mass is 134 g/mol. The van der Waals surface area contributed by atoms with Gasteiger partial charge in [-0.3, -0.25) is 4.79 Å². The molecule has 0 aromatic carbocycles. The lowest BCUT2D eigenvalue weighted by Crippen LogP contribution is -2.18. The Morgan fingerprint density at radius 2 is 2.86 bits per heavy atom. The van der Waals surface area contributed by atoms with Crippen molar-refractivity contribution < 1.29 is 6.21 Å². The van der Waals surface area contributed by atoms with E-state index in [1.54, 1.807) is 0 Å². The Labute approximate surface area is 52.1 Å². The number of hydrogen-bond acceptors (Lipinski definition) is 3. The number of carbonyl (C=O) groups excluding carboxylic acids is 1. The van der Waals surface area contributed by atoms with Crippen LogP contribution in [0.3, 0.4) is 0 Å². The standard InChI is InChI=1S/C3H3NOS2/c5-2-1-7-3(6)4-2/h1H2,(H,4,5,6)/i/hD. The van der Waals surface area contributed by atoms with E-state index >= 15 is 0 Å². The van der Waals surface area contributed by atoms with Crippen LogP contribution in [-0.2, 0) is 4.79 Å². The van der Waals surface area contributed by atoms with Gasteiger partial charge in [-0.25, -0.2) is 0 Å². The number of carbonyl (C=O) groups is 1. The smallest absolute Gasteiger partial charge is 0.235 e. The largest absolute Gasteiger partial charge is 0.311 e. The van der Waals surface area contributed by atoms with E-state index in [1.807, 2.05) is 0 Å². The van der Waals surface area contributed by atoms with Crippen molar-refractivity contribution in [3.63, 3.8) is 0 Å². The van der Waals surface area contributed by atoms with Gasteiger partial charge in [-0.05, 0) is 0 Å². The van der Waals surface area contributed by atoms with Crippen molar-refractivity contribution in [2.24, 2.45) is 0 Å². The first-order chi connectivity index (χ1) is 3.72. The van der Waals surface area contributed by atoms with Gasteiger partial charge in [0.1, 0.15) is 4.32 Å². The molecule has 0 aliphatic carbocycles. The quantitative estimate of drug-likeness (QED) is 0.478. The van der Waals surface area contributed by atoms with Gasteiger partial charge in [0.25, 0.3) is 0 Å². The minimum absolute atomic E-state index is 0.222. The van der Waals surface area contributed by atoms with Crippen LogP contribution in [0, 0.1) is 0 Å². The van der Waals surface area contributed by atoms with E-state index in [2.05, 4.69) is 12.2 Å². The molecule has 2 nitrogen and oxygen atoms in total. The molecule has 0 saturated carbocycles. The fraction of sp³-hybridized carbons (Fsp3) is 0.333. The molecule has 1 saturated heterocycles. The number of amides is 1. The molecule has 0 radical (unpaired) electrons. The van der Waals surface area contributed by atoms with E-state index in [0.29, 0.717) is 10.1 Å². The molecule has 0 aromatic rings. The third kappa shape index (κ3) is 1.14. The molecule has 1 rings (SSSR count). The van der Waals surface area contributed by atoms with Gasteiger partial charge in [0.15, 0.2) is 1.41 Å². The first-order valence-corrected chi connectivity index (χ1v) is 3.10. The van der Waals surface area contributed by atoms with Gasteiger partial charge in [-0.1, -0.05) is 24.0 Å². The zero-order valence-electron chi connectivity index (χ0n) is 4.38. The molecule has 0 bridgehead atoms. The lowest BCUT2D eigenvalue weighted by molar-refractivity contribution is -0.116. The average Bonchev–Trinajstić information content (AvgIpc) is 1.98. The van der Waals surface area contributed by atoms with Gasteiger partial charge < -0.3 is 5.31 Å². The maximum Gasteiger partial charge on any atom is 0.235 e. The highest BCUT2D eigenvalue weighted by molar-refractivity contribution is 8.24. The van der Waals surface area contributed by atoms with Crippen molar-refractivity contribution in [3.8, 4) is 0 Å². The molecule has 38 valence electrons. The molecular weight excluding hydrogens is 130 g/mol. The summed E-state index contributed by atoms with van der Waals surface area (Å²) >= 11 is 5.83. The van der Waals surface area contributed by atoms with Crippen molar-refractivity contribution in [3.05, 3.63) is 0 Å². The molecule has 1 fully saturated rings. The highest BCUT2D eigenvalue weighted by Gasteiger charge is 2.13. The van der Waals surface area contributed by atoms with Crippen molar-refractivity contribution >= 4 is 34.2 Å². The molecule has 1 aliphatic rings. The topological polar surface area (TPSA) is 29.1 Å². The average molecular weight is 134 g/mol. The molecule has 0 atom stereocenters. The van der Waals surface area contributed by atoms with Crippen molar-refractivity contribution in [2.45, 2.75) is 0 Å². The van der Waals surface area contributed by atoms with E-state index < -0.39 is 0 Å². The molecular formula is C3H3NOS2. The van der Waals surface area contributed by atoms with Gasteiger partial charge in [0, 0.05) is 0 Å². The number of thioether (sulfide) groups is 1. The van der Waals surface area contributed by atoms with Crippen LogP contribution in [-0.4, -0.2) is 16.0 Å². The number of nitrogens with one attached hydrogen (secondary N) is 1. The van der Waals surface area contributed by atoms with Gasteiger partial charge in [-0.2, -0.15) is 0 Å². The van der Waals surface area contributed by atoms with E-state index in [0.717, 1.165) is 5.31 Å². The first-order valence-electron chi connectivity index (χ1n) is 2.15. The second kappa shape index (κ2) is 1.79. The SMILES string of the molecule is [2H]N1C(=O)CSC1=S. The molecule has 0 spiro atoms. The van der Waals surface area contributed by atoms with Gasteiger partial charge >= 0.3 is 0 Å². The highest BCUT2D eigenvalue weighted by Crippen LogP contribution is 2.06. The highest BCUT2D eigenvalue weighted by atomic mass is 32.2. The Morgan fingerprint density at radius 1 is 2.14 bits per heavy atom. The Hall–Kier alpha value is -0.0900. The van der Waals surface area contributed by atoms with Crippen LogP contribution in [0.4, 0.5) is 0 Å². The summed E-state index contributed by atoms with van der Waals surface area (Å²) < 4.78 is 7.22. The normalized spacial score (nSPS) is 23.4. The van der Waals surface area contributed by atoms with Gasteiger partial charge in [0.05, 0.1) is 5.75 Å². The van der Waals surface area contributed by atoms with Crippen LogP contribution in [0.15, 0.2) is 0 Å².